The van der Waals surface area contributed by atoms with Crippen LogP contribution in [-0.2, 0) is 4.79 Å². The lowest BCUT2D eigenvalue weighted by atomic mass is 10.1. The number of anilines is 2. The Bertz CT molecular complexity index is 933. The Labute approximate surface area is 150 Å². The summed E-state index contributed by atoms with van der Waals surface area (Å²) in [4.78, 5) is 14.5. The van der Waals surface area contributed by atoms with Gasteiger partial charge >= 0.3 is 0 Å². The first-order valence-electron chi connectivity index (χ1n) is 8.71. The van der Waals surface area contributed by atoms with Crippen LogP contribution in [0.4, 0.5) is 20.2 Å². The molecule has 0 radical (unpaired) electrons. The monoisotopic (exact) mass is 352 g/mol. The first-order chi connectivity index (χ1) is 12.7. The Morgan fingerprint density at radius 2 is 1.65 bits per heavy atom. The van der Waals surface area contributed by atoms with Crippen molar-refractivity contribution in [2.24, 2.45) is 0 Å². The number of hydrogen-bond donors (Lipinski definition) is 1. The molecular formula is C21H18F2N2O. The zero-order valence-electron chi connectivity index (χ0n) is 14.1. The van der Waals surface area contributed by atoms with E-state index in [1.807, 2.05) is 6.08 Å². The normalized spacial score (nSPS) is 17.1. The number of fused-ring (bicyclic) bond motifs is 1. The Morgan fingerprint density at radius 1 is 0.923 bits per heavy atom. The van der Waals surface area contributed by atoms with Gasteiger partial charge in [-0.3, -0.25) is 9.69 Å². The van der Waals surface area contributed by atoms with Gasteiger partial charge in [0.15, 0.2) is 0 Å². The fourth-order valence-electron chi connectivity index (χ4n) is 3.46. The van der Waals surface area contributed by atoms with E-state index in [1.54, 1.807) is 36.4 Å². The smallest absolute Gasteiger partial charge is 0.279 e. The van der Waals surface area contributed by atoms with Gasteiger partial charge in [0, 0.05) is 5.57 Å². The van der Waals surface area contributed by atoms with E-state index in [9.17, 15) is 13.6 Å². The maximum atomic E-state index is 14.4. The molecule has 0 aromatic heterocycles. The molecule has 0 saturated carbocycles. The molecule has 2 aliphatic rings. The van der Waals surface area contributed by atoms with E-state index in [-0.39, 0.29) is 17.3 Å². The molecule has 0 fully saturated rings. The minimum absolute atomic E-state index is 0.216. The molecule has 0 bridgehead atoms. The molecule has 0 unspecified atom stereocenters. The fourth-order valence-corrected chi connectivity index (χ4v) is 3.46. The summed E-state index contributed by atoms with van der Waals surface area (Å²) in [6.45, 7) is 0. The van der Waals surface area contributed by atoms with Crippen LogP contribution in [0.3, 0.4) is 0 Å². The lowest BCUT2D eigenvalue weighted by Gasteiger charge is -2.20. The summed E-state index contributed by atoms with van der Waals surface area (Å²) in [5, 5.41) is 2.96. The molecule has 3 nitrogen and oxygen atoms in total. The van der Waals surface area contributed by atoms with Crippen LogP contribution in [0, 0.1) is 11.6 Å². The molecule has 132 valence electrons. The zero-order chi connectivity index (χ0) is 18.1. The van der Waals surface area contributed by atoms with Crippen molar-refractivity contribution in [3.05, 3.63) is 83.2 Å². The maximum absolute atomic E-state index is 14.4. The average Bonchev–Trinajstić information content (AvgIpc) is 2.79. The number of para-hydroxylation sites is 2. The number of benzene rings is 2. The van der Waals surface area contributed by atoms with Gasteiger partial charge in [0.2, 0.25) is 0 Å². The minimum atomic E-state index is -0.461. The molecule has 2 aromatic carbocycles. The highest BCUT2D eigenvalue weighted by molar-refractivity contribution is 6.15. The third kappa shape index (κ3) is 2.79. The molecule has 4 rings (SSSR count). The van der Waals surface area contributed by atoms with Gasteiger partial charge in [0.05, 0.1) is 17.1 Å². The van der Waals surface area contributed by atoms with Gasteiger partial charge in [0.1, 0.15) is 17.3 Å². The van der Waals surface area contributed by atoms with Crippen molar-refractivity contribution in [3.8, 4) is 0 Å². The lowest BCUT2D eigenvalue weighted by Crippen LogP contribution is -2.28. The number of allylic oxidation sites excluding steroid dienone is 2. The highest BCUT2D eigenvalue weighted by atomic mass is 19.1. The van der Waals surface area contributed by atoms with Crippen molar-refractivity contribution < 1.29 is 13.6 Å². The molecule has 0 saturated heterocycles. The number of halogens is 2. The van der Waals surface area contributed by atoms with E-state index in [4.69, 9.17) is 0 Å². The number of nitrogens with one attached hydrogen (secondary N) is 1. The van der Waals surface area contributed by atoms with Crippen LogP contribution >= 0.6 is 0 Å². The number of hydrogen-bond acceptors (Lipinski definition) is 2. The van der Waals surface area contributed by atoms with Gasteiger partial charge in [-0.05, 0) is 49.9 Å². The van der Waals surface area contributed by atoms with Gasteiger partial charge in [0.25, 0.3) is 5.91 Å². The standard InChI is InChI=1S/C21H18F2N2O/c22-15-9-4-6-11-17(15)24-20-14-8-2-1-3-12-18(14)25(21(20)26)19-13-7-5-10-16(19)23/h4-7,9-13,24H,1-3,8H2. The number of amides is 1. The first kappa shape index (κ1) is 16.5. The Balaban J connectivity index is 1.80. The summed E-state index contributed by atoms with van der Waals surface area (Å²) in [5.41, 5.74) is 2.30. The van der Waals surface area contributed by atoms with E-state index < -0.39 is 11.6 Å². The van der Waals surface area contributed by atoms with E-state index in [2.05, 4.69) is 5.32 Å². The zero-order valence-corrected chi connectivity index (χ0v) is 14.1. The van der Waals surface area contributed by atoms with Crippen LogP contribution in [-0.4, -0.2) is 5.91 Å². The molecule has 1 amide bonds. The van der Waals surface area contributed by atoms with Gasteiger partial charge in [-0.25, -0.2) is 8.78 Å². The third-order valence-electron chi connectivity index (χ3n) is 4.71. The molecular weight excluding hydrogens is 334 g/mol. The summed E-state index contributed by atoms with van der Waals surface area (Å²) in [7, 11) is 0. The van der Waals surface area contributed by atoms with Crippen LogP contribution in [0.15, 0.2) is 71.6 Å². The molecule has 2 aromatic rings. The van der Waals surface area contributed by atoms with Crippen molar-refractivity contribution in [2.75, 3.05) is 10.2 Å². The second kappa shape index (κ2) is 6.75. The van der Waals surface area contributed by atoms with Crippen LogP contribution in [0.5, 0.6) is 0 Å². The quantitative estimate of drug-likeness (QED) is 0.830. The lowest BCUT2D eigenvalue weighted by molar-refractivity contribution is -0.114. The van der Waals surface area contributed by atoms with Crippen molar-refractivity contribution >= 4 is 17.3 Å². The van der Waals surface area contributed by atoms with E-state index in [1.165, 1.54) is 17.0 Å². The van der Waals surface area contributed by atoms with Crippen molar-refractivity contribution in [2.45, 2.75) is 25.7 Å². The molecule has 5 heteroatoms. The van der Waals surface area contributed by atoms with Crippen molar-refractivity contribution in [1.82, 2.24) is 0 Å². The Morgan fingerprint density at radius 3 is 2.42 bits per heavy atom. The van der Waals surface area contributed by atoms with Crippen LogP contribution < -0.4 is 10.2 Å². The van der Waals surface area contributed by atoms with Gasteiger partial charge in [-0.15, -0.1) is 0 Å². The topological polar surface area (TPSA) is 32.3 Å². The van der Waals surface area contributed by atoms with E-state index in [0.29, 0.717) is 17.8 Å². The SMILES string of the molecule is O=C1C(Nc2ccccc2F)=C2CCCCC=C2N1c1ccccc1F. The predicted molar refractivity (Wildman–Crippen MR) is 97.5 cm³/mol. The minimum Gasteiger partial charge on any atom is -0.348 e. The van der Waals surface area contributed by atoms with Crippen LogP contribution in [0.25, 0.3) is 0 Å². The molecule has 0 atom stereocenters. The maximum Gasteiger partial charge on any atom is 0.279 e. The summed E-state index contributed by atoms with van der Waals surface area (Å²) in [5.74, 6) is -1.25. The summed E-state index contributed by atoms with van der Waals surface area (Å²) < 4.78 is 28.4. The summed E-state index contributed by atoms with van der Waals surface area (Å²) in [6.07, 6.45) is 5.42. The van der Waals surface area contributed by atoms with Crippen molar-refractivity contribution in [1.29, 1.82) is 0 Å². The second-order valence-electron chi connectivity index (χ2n) is 6.39. The van der Waals surface area contributed by atoms with Gasteiger partial charge in [-0.1, -0.05) is 30.3 Å². The highest BCUT2D eigenvalue weighted by Crippen LogP contribution is 2.40. The number of nitrogens with zero attached hydrogens (tertiary/aromatic N) is 1. The Kier molecular flexibility index (Phi) is 4.29. The first-order valence-corrected chi connectivity index (χ1v) is 8.71. The van der Waals surface area contributed by atoms with Crippen LogP contribution in [0.1, 0.15) is 25.7 Å². The van der Waals surface area contributed by atoms with Crippen LogP contribution in [0.2, 0.25) is 0 Å². The number of rotatable bonds is 3. The highest BCUT2D eigenvalue weighted by Gasteiger charge is 2.37. The molecule has 26 heavy (non-hydrogen) atoms. The van der Waals surface area contributed by atoms with Gasteiger partial charge in [-0.2, -0.15) is 0 Å². The van der Waals surface area contributed by atoms with Crippen molar-refractivity contribution in [3.63, 3.8) is 0 Å². The Hall–Kier alpha value is -2.95. The molecule has 1 N–H and O–H groups in total. The predicted octanol–water partition coefficient (Wildman–Crippen LogP) is 5.14. The number of carbonyl (C=O) groups is 1. The van der Waals surface area contributed by atoms with E-state index in [0.717, 1.165) is 24.8 Å². The molecule has 1 aliphatic carbocycles. The molecule has 1 heterocycles. The third-order valence-corrected chi connectivity index (χ3v) is 4.71. The fraction of sp³-hybridized carbons (Fsp3) is 0.190. The van der Waals surface area contributed by atoms with Gasteiger partial charge < -0.3 is 5.32 Å². The largest absolute Gasteiger partial charge is 0.348 e. The summed E-state index contributed by atoms with van der Waals surface area (Å²) >= 11 is 0. The molecule has 0 spiro atoms. The van der Waals surface area contributed by atoms with E-state index >= 15 is 0 Å². The summed E-state index contributed by atoms with van der Waals surface area (Å²) in [6, 6.07) is 12.4. The second-order valence-corrected chi connectivity index (χ2v) is 6.39. The molecule has 1 aliphatic heterocycles. The average molecular weight is 352 g/mol. The number of carbonyl (C=O) groups excluding carboxylic acids is 1.